The van der Waals surface area contributed by atoms with Crippen molar-refractivity contribution in [3.8, 4) is 0 Å². The second-order valence-electron chi connectivity index (χ2n) is 5.70. The number of nitro benzene ring substituents is 1. The molecule has 6 nitrogen and oxygen atoms in total. The fourth-order valence-electron chi connectivity index (χ4n) is 2.38. The molecule has 0 saturated carbocycles. The first-order valence-electron chi connectivity index (χ1n) is 7.61. The van der Waals surface area contributed by atoms with E-state index in [1.807, 2.05) is 18.3 Å². The Bertz CT molecular complexity index is 812. The molecule has 2 aromatic rings. The number of benzene rings is 2. The van der Waals surface area contributed by atoms with Gasteiger partial charge in [-0.25, -0.2) is 0 Å². The van der Waals surface area contributed by atoms with Gasteiger partial charge in [0.05, 0.1) is 9.95 Å². The molecule has 2 aromatic carbocycles. The van der Waals surface area contributed by atoms with E-state index in [9.17, 15) is 14.9 Å². The fourth-order valence-corrected chi connectivity index (χ4v) is 2.97. The molecule has 8 heteroatoms. The third-order valence-corrected chi connectivity index (χ3v) is 4.37. The molecular formula is C17H18Cl2N3O3+. The lowest BCUT2D eigenvalue weighted by Gasteiger charge is -2.13. The Kier molecular flexibility index (Phi) is 6.36. The van der Waals surface area contributed by atoms with Gasteiger partial charge in [0.1, 0.15) is 6.04 Å². The number of halogens is 2. The maximum Gasteiger partial charge on any atom is 0.279 e. The number of carbonyl (C=O) groups is 1. The van der Waals surface area contributed by atoms with E-state index in [4.69, 9.17) is 23.2 Å². The highest BCUT2D eigenvalue weighted by Crippen LogP contribution is 2.24. The first kappa shape index (κ1) is 19.2. The molecule has 1 atom stereocenters. The van der Waals surface area contributed by atoms with Crippen LogP contribution in [0.15, 0.2) is 36.4 Å². The maximum absolute atomic E-state index is 12.1. The summed E-state index contributed by atoms with van der Waals surface area (Å²) in [6, 6.07) is 9.57. The molecule has 0 aliphatic rings. The first-order chi connectivity index (χ1) is 11.8. The van der Waals surface area contributed by atoms with Crippen molar-refractivity contribution in [2.24, 2.45) is 0 Å². The van der Waals surface area contributed by atoms with Crippen molar-refractivity contribution in [1.29, 1.82) is 0 Å². The SMILES string of the molecule is Cc1cc([N+](=O)[O-])ccc1NC(=O)C[NH2+][C@H](C)c1ccc(Cl)cc1Cl. The van der Waals surface area contributed by atoms with Gasteiger partial charge in [0, 0.05) is 28.4 Å². The van der Waals surface area contributed by atoms with Crippen molar-refractivity contribution >= 4 is 40.5 Å². The van der Waals surface area contributed by atoms with E-state index in [0.717, 1.165) is 5.56 Å². The topological polar surface area (TPSA) is 88.9 Å². The molecule has 0 aliphatic carbocycles. The van der Waals surface area contributed by atoms with Crippen LogP contribution in [0.4, 0.5) is 11.4 Å². The van der Waals surface area contributed by atoms with Gasteiger partial charge in [0.25, 0.3) is 11.6 Å². The number of nitrogens with zero attached hydrogens (tertiary/aromatic N) is 1. The molecule has 1 amide bonds. The van der Waals surface area contributed by atoms with Crippen LogP contribution in [-0.4, -0.2) is 17.4 Å². The van der Waals surface area contributed by atoms with E-state index >= 15 is 0 Å². The van der Waals surface area contributed by atoms with Gasteiger partial charge in [-0.3, -0.25) is 14.9 Å². The summed E-state index contributed by atoms with van der Waals surface area (Å²) in [5.74, 6) is -0.200. The number of nitro groups is 1. The minimum absolute atomic E-state index is 0.00642. The van der Waals surface area contributed by atoms with E-state index in [1.165, 1.54) is 18.2 Å². The van der Waals surface area contributed by atoms with Gasteiger partial charge in [-0.1, -0.05) is 29.3 Å². The van der Waals surface area contributed by atoms with E-state index in [2.05, 4.69) is 5.32 Å². The highest BCUT2D eigenvalue weighted by molar-refractivity contribution is 6.35. The second-order valence-corrected chi connectivity index (χ2v) is 6.54. The number of carbonyl (C=O) groups excluding carboxylic acids is 1. The highest BCUT2D eigenvalue weighted by Gasteiger charge is 2.16. The molecule has 132 valence electrons. The molecule has 0 saturated heterocycles. The summed E-state index contributed by atoms with van der Waals surface area (Å²) < 4.78 is 0. The standard InChI is InChI=1S/C17H17Cl2N3O3/c1-10-7-13(22(24)25)4-6-16(10)21-17(23)9-20-11(2)14-5-3-12(18)8-15(14)19/h3-8,11,20H,9H2,1-2H3,(H,21,23)/p+1/t11-/m1/s1. The van der Waals surface area contributed by atoms with Crippen LogP contribution < -0.4 is 10.6 Å². The Balaban J connectivity index is 1.95. The van der Waals surface area contributed by atoms with Crippen molar-refractivity contribution in [2.75, 3.05) is 11.9 Å². The molecule has 0 radical (unpaired) electrons. The van der Waals surface area contributed by atoms with Crippen LogP contribution >= 0.6 is 23.2 Å². The summed E-state index contributed by atoms with van der Waals surface area (Å²) in [4.78, 5) is 22.4. The Labute approximate surface area is 155 Å². The van der Waals surface area contributed by atoms with E-state index in [-0.39, 0.29) is 24.2 Å². The lowest BCUT2D eigenvalue weighted by Crippen LogP contribution is -2.86. The highest BCUT2D eigenvalue weighted by atomic mass is 35.5. The molecule has 25 heavy (non-hydrogen) atoms. The predicted molar refractivity (Wildman–Crippen MR) is 98.1 cm³/mol. The van der Waals surface area contributed by atoms with E-state index in [1.54, 1.807) is 19.1 Å². The van der Waals surface area contributed by atoms with Gasteiger partial charge in [-0.05, 0) is 37.6 Å². The summed E-state index contributed by atoms with van der Waals surface area (Å²) in [7, 11) is 0. The van der Waals surface area contributed by atoms with Gasteiger partial charge >= 0.3 is 0 Å². The number of anilines is 1. The zero-order valence-electron chi connectivity index (χ0n) is 13.8. The smallest absolute Gasteiger partial charge is 0.279 e. The molecule has 3 N–H and O–H groups in total. The average Bonchev–Trinajstić information content (AvgIpc) is 2.54. The monoisotopic (exact) mass is 382 g/mol. The van der Waals surface area contributed by atoms with Gasteiger partial charge in [-0.2, -0.15) is 0 Å². The van der Waals surface area contributed by atoms with Crippen LogP contribution in [-0.2, 0) is 4.79 Å². The van der Waals surface area contributed by atoms with E-state index < -0.39 is 4.92 Å². The Morgan fingerprint density at radius 2 is 2.00 bits per heavy atom. The molecular weight excluding hydrogens is 365 g/mol. The lowest BCUT2D eigenvalue weighted by molar-refractivity contribution is -0.682. The maximum atomic E-state index is 12.1. The summed E-state index contributed by atoms with van der Waals surface area (Å²) >= 11 is 12.1. The van der Waals surface area contributed by atoms with Crippen LogP contribution in [0.1, 0.15) is 24.1 Å². The van der Waals surface area contributed by atoms with Crippen LogP contribution in [0.5, 0.6) is 0 Å². The molecule has 0 fully saturated rings. The average molecular weight is 383 g/mol. The number of hydrogen-bond donors (Lipinski definition) is 2. The normalized spacial score (nSPS) is 11.8. The Morgan fingerprint density at radius 3 is 2.60 bits per heavy atom. The molecule has 0 unspecified atom stereocenters. The van der Waals surface area contributed by atoms with E-state index in [0.29, 0.717) is 21.3 Å². The number of aryl methyl sites for hydroxylation is 1. The summed E-state index contributed by atoms with van der Waals surface area (Å²) in [6.45, 7) is 3.85. The molecule has 2 rings (SSSR count). The van der Waals surface area contributed by atoms with Crippen LogP contribution in [0.3, 0.4) is 0 Å². The van der Waals surface area contributed by atoms with Crippen LogP contribution in [0.25, 0.3) is 0 Å². The quantitative estimate of drug-likeness (QED) is 0.591. The van der Waals surface area contributed by atoms with Gasteiger partial charge in [0.2, 0.25) is 0 Å². The third-order valence-electron chi connectivity index (χ3n) is 3.80. The number of amides is 1. The first-order valence-corrected chi connectivity index (χ1v) is 8.36. The molecule has 0 aliphatic heterocycles. The zero-order chi connectivity index (χ0) is 18.6. The number of quaternary nitrogens is 1. The van der Waals surface area contributed by atoms with Crippen molar-refractivity contribution in [1.82, 2.24) is 0 Å². The largest absolute Gasteiger partial charge is 0.332 e. The van der Waals surface area contributed by atoms with Gasteiger partial charge in [0.15, 0.2) is 6.54 Å². The number of nitrogens with one attached hydrogen (secondary N) is 1. The molecule has 0 spiro atoms. The zero-order valence-corrected chi connectivity index (χ0v) is 15.3. The molecule has 0 bridgehead atoms. The summed E-state index contributed by atoms with van der Waals surface area (Å²) in [6.07, 6.45) is 0. The minimum Gasteiger partial charge on any atom is -0.332 e. The van der Waals surface area contributed by atoms with Crippen molar-refractivity contribution in [2.45, 2.75) is 19.9 Å². The van der Waals surface area contributed by atoms with Gasteiger partial charge in [-0.15, -0.1) is 0 Å². The van der Waals surface area contributed by atoms with Gasteiger partial charge < -0.3 is 10.6 Å². The lowest BCUT2D eigenvalue weighted by atomic mass is 10.1. The third kappa shape index (κ3) is 5.16. The number of rotatable bonds is 6. The Hall–Kier alpha value is -2.15. The minimum atomic E-state index is -0.468. The van der Waals surface area contributed by atoms with Crippen molar-refractivity contribution < 1.29 is 15.0 Å². The fraction of sp³-hybridized carbons (Fsp3) is 0.235. The summed E-state index contributed by atoms with van der Waals surface area (Å²) in [5, 5.41) is 16.5. The van der Waals surface area contributed by atoms with Crippen LogP contribution in [0, 0.1) is 17.0 Å². The van der Waals surface area contributed by atoms with Crippen molar-refractivity contribution in [3.05, 3.63) is 67.7 Å². The van der Waals surface area contributed by atoms with Crippen LogP contribution in [0.2, 0.25) is 10.0 Å². The molecule has 0 aromatic heterocycles. The summed E-state index contributed by atoms with van der Waals surface area (Å²) in [5.41, 5.74) is 2.08. The molecule has 0 heterocycles. The number of hydrogen-bond acceptors (Lipinski definition) is 3. The number of non-ortho nitro benzene ring substituents is 1. The second kappa shape index (κ2) is 8.29. The predicted octanol–water partition coefficient (Wildman–Crippen LogP) is 3.47. The van der Waals surface area contributed by atoms with Crippen molar-refractivity contribution in [3.63, 3.8) is 0 Å². The Morgan fingerprint density at radius 1 is 1.28 bits per heavy atom. The number of nitrogens with two attached hydrogens (primary N) is 1.